The van der Waals surface area contributed by atoms with Gasteiger partial charge in [0, 0.05) is 54.5 Å². The van der Waals surface area contributed by atoms with Crippen molar-refractivity contribution < 1.29 is 14.1 Å². The first-order chi connectivity index (χ1) is 16.6. The van der Waals surface area contributed by atoms with Crippen molar-refractivity contribution in [3.05, 3.63) is 76.0 Å². The van der Waals surface area contributed by atoms with Gasteiger partial charge in [0.15, 0.2) is 5.58 Å². The molecule has 1 N–H and O–H groups in total. The molecule has 2 aromatic heterocycles. The van der Waals surface area contributed by atoms with E-state index in [1.54, 1.807) is 9.47 Å². The van der Waals surface area contributed by atoms with Gasteiger partial charge in [-0.25, -0.2) is 4.79 Å². The van der Waals surface area contributed by atoms with E-state index >= 15 is 0 Å². The van der Waals surface area contributed by atoms with Crippen LogP contribution in [0.25, 0.3) is 22.2 Å². The van der Waals surface area contributed by atoms with E-state index in [2.05, 4.69) is 0 Å². The van der Waals surface area contributed by atoms with Crippen molar-refractivity contribution in [1.82, 2.24) is 9.13 Å². The van der Waals surface area contributed by atoms with Gasteiger partial charge in [-0.1, -0.05) is 23.7 Å². The lowest BCUT2D eigenvalue weighted by atomic mass is 10.1. The summed E-state index contributed by atoms with van der Waals surface area (Å²) < 4.78 is 9.28. The molecule has 0 spiro atoms. The van der Waals surface area contributed by atoms with Gasteiger partial charge >= 0.3 is 5.76 Å². The minimum absolute atomic E-state index is 0.0646. The second-order valence-corrected chi connectivity index (χ2v) is 9.59. The Morgan fingerprint density at radius 1 is 0.941 bits per heavy atom. The van der Waals surface area contributed by atoms with E-state index in [0.29, 0.717) is 35.9 Å². The number of nitrogens with zero attached hydrogens (tertiary/aromatic N) is 3. The van der Waals surface area contributed by atoms with Crippen LogP contribution < -0.4 is 15.6 Å². The third-order valence-electron chi connectivity index (χ3n) is 7.07. The summed E-state index contributed by atoms with van der Waals surface area (Å²) in [5.41, 5.74) is 4.69. The molecule has 2 aliphatic rings. The third-order valence-corrected chi connectivity index (χ3v) is 7.32. The average molecular weight is 478 g/mol. The predicted octanol–water partition coefficient (Wildman–Crippen LogP) is 3.06. The molecule has 4 heterocycles. The first kappa shape index (κ1) is 21.3. The SMILES string of the molecule is O=C1c2cc(-c3ccc(Cl)cc3)cn2CCN1c1ccc2c(c1)oc(=O)n2CC[NH+]1CCCC1. The third kappa shape index (κ3) is 3.75. The number of benzene rings is 2. The maximum atomic E-state index is 13.4. The number of rotatable bonds is 5. The van der Waals surface area contributed by atoms with Crippen LogP contribution in [0, 0.1) is 0 Å². The van der Waals surface area contributed by atoms with E-state index in [9.17, 15) is 9.59 Å². The second-order valence-electron chi connectivity index (χ2n) is 9.15. The highest BCUT2D eigenvalue weighted by Crippen LogP contribution is 2.29. The Kier molecular flexibility index (Phi) is 5.31. The van der Waals surface area contributed by atoms with Gasteiger partial charge in [-0.3, -0.25) is 9.36 Å². The molecule has 34 heavy (non-hydrogen) atoms. The van der Waals surface area contributed by atoms with Gasteiger partial charge in [0.05, 0.1) is 31.7 Å². The number of oxazole rings is 1. The fraction of sp³-hybridized carbons (Fsp3) is 0.308. The lowest BCUT2D eigenvalue weighted by Gasteiger charge is -2.28. The standard InChI is InChI=1S/C26H25ClN4O3/c27-20-5-3-18(4-6-20)19-15-23-25(32)30(14-12-29(23)17-19)21-7-8-22-24(16-21)34-26(33)31(22)13-11-28-9-1-2-10-28/h3-8,15-17H,1-2,9-14H2/p+1. The van der Waals surface area contributed by atoms with Crippen LogP contribution in [0.5, 0.6) is 0 Å². The van der Waals surface area contributed by atoms with Crippen LogP contribution in [0.3, 0.4) is 0 Å². The smallest absolute Gasteiger partial charge is 0.408 e. The molecule has 2 aliphatic heterocycles. The number of likely N-dealkylation sites (tertiary alicyclic amines) is 1. The quantitative estimate of drug-likeness (QED) is 0.480. The zero-order chi connectivity index (χ0) is 23.2. The zero-order valence-corrected chi connectivity index (χ0v) is 19.6. The fourth-order valence-corrected chi connectivity index (χ4v) is 5.32. The fourth-order valence-electron chi connectivity index (χ4n) is 5.20. The van der Waals surface area contributed by atoms with Crippen molar-refractivity contribution >= 4 is 34.3 Å². The highest BCUT2D eigenvalue weighted by atomic mass is 35.5. The van der Waals surface area contributed by atoms with Gasteiger partial charge in [-0.15, -0.1) is 0 Å². The van der Waals surface area contributed by atoms with Gasteiger partial charge in [-0.2, -0.15) is 0 Å². The normalized spacial score (nSPS) is 16.5. The molecule has 1 fully saturated rings. The summed E-state index contributed by atoms with van der Waals surface area (Å²) in [4.78, 5) is 29.2. The Morgan fingerprint density at radius 2 is 1.74 bits per heavy atom. The van der Waals surface area contributed by atoms with E-state index in [0.717, 1.165) is 28.9 Å². The van der Waals surface area contributed by atoms with Crippen LogP contribution in [0.1, 0.15) is 23.3 Å². The minimum Gasteiger partial charge on any atom is -0.408 e. The van der Waals surface area contributed by atoms with Crippen molar-refractivity contribution in [3.8, 4) is 11.1 Å². The summed E-state index contributed by atoms with van der Waals surface area (Å²) in [7, 11) is 0. The zero-order valence-electron chi connectivity index (χ0n) is 18.8. The summed E-state index contributed by atoms with van der Waals surface area (Å²) >= 11 is 6.01. The molecule has 0 saturated carbocycles. The molecule has 174 valence electrons. The van der Waals surface area contributed by atoms with Crippen molar-refractivity contribution in [2.75, 3.05) is 31.1 Å². The van der Waals surface area contributed by atoms with Gasteiger partial charge in [0.1, 0.15) is 5.69 Å². The number of carbonyl (C=O) groups is 1. The molecule has 1 amide bonds. The molecule has 7 nitrogen and oxygen atoms in total. The average Bonchev–Trinajstić information content (AvgIpc) is 3.57. The highest BCUT2D eigenvalue weighted by Gasteiger charge is 2.27. The molecule has 8 heteroatoms. The number of quaternary nitrogens is 1. The number of carbonyl (C=O) groups excluding carboxylic acids is 1. The molecule has 0 atom stereocenters. The molecule has 4 aromatic rings. The number of halogens is 1. The Morgan fingerprint density at radius 3 is 2.53 bits per heavy atom. The summed E-state index contributed by atoms with van der Waals surface area (Å²) in [5.74, 6) is -0.401. The number of aromatic nitrogens is 2. The van der Waals surface area contributed by atoms with E-state index in [-0.39, 0.29) is 11.7 Å². The Hall–Kier alpha value is -3.29. The van der Waals surface area contributed by atoms with Crippen molar-refractivity contribution in [2.45, 2.75) is 25.9 Å². The van der Waals surface area contributed by atoms with E-state index in [1.807, 2.05) is 59.3 Å². The van der Waals surface area contributed by atoms with Gasteiger partial charge in [-0.05, 0) is 35.9 Å². The summed E-state index contributed by atoms with van der Waals surface area (Å²) in [6.45, 7) is 5.16. The van der Waals surface area contributed by atoms with Gasteiger partial charge in [0.25, 0.3) is 5.91 Å². The molecule has 2 aromatic carbocycles. The van der Waals surface area contributed by atoms with Crippen LogP contribution in [0.15, 0.2) is 63.9 Å². The predicted molar refractivity (Wildman–Crippen MR) is 132 cm³/mol. The number of nitrogens with one attached hydrogen (secondary N) is 1. The summed E-state index contributed by atoms with van der Waals surface area (Å²) in [6, 6.07) is 15.2. The number of fused-ring (bicyclic) bond motifs is 2. The Bertz CT molecular complexity index is 1430. The molecular formula is C26H26ClN4O3+. The van der Waals surface area contributed by atoms with Crippen molar-refractivity contribution in [3.63, 3.8) is 0 Å². The van der Waals surface area contributed by atoms with Crippen LogP contribution >= 0.6 is 11.6 Å². The maximum Gasteiger partial charge on any atom is 0.420 e. The van der Waals surface area contributed by atoms with Crippen LogP contribution in [-0.2, 0) is 13.1 Å². The molecule has 0 aliphatic carbocycles. The first-order valence-electron chi connectivity index (χ1n) is 11.8. The van der Waals surface area contributed by atoms with Gasteiger partial charge < -0.3 is 18.8 Å². The second kappa shape index (κ2) is 8.49. The Balaban J connectivity index is 1.26. The van der Waals surface area contributed by atoms with Crippen LogP contribution in [0.2, 0.25) is 5.02 Å². The van der Waals surface area contributed by atoms with Crippen molar-refractivity contribution in [1.29, 1.82) is 0 Å². The molecular weight excluding hydrogens is 452 g/mol. The van der Waals surface area contributed by atoms with E-state index in [4.69, 9.17) is 16.0 Å². The first-order valence-corrected chi connectivity index (χ1v) is 12.2. The molecule has 0 radical (unpaired) electrons. The number of amides is 1. The van der Waals surface area contributed by atoms with E-state index in [1.165, 1.54) is 30.8 Å². The van der Waals surface area contributed by atoms with Gasteiger partial charge in [0.2, 0.25) is 0 Å². The minimum atomic E-state index is -0.336. The van der Waals surface area contributed by atoms with Crippen LogP contribution in [0.4, 0.5) is 5.69 Å². The number of anilines is 1. The van der Waals surface area contributed by atoms with Crippen molar-refractivity contribution in [2.24, 2.45) is 0 Å². The molecule has 0 bridgehead atoms. The molecule has 1 saturated heterocycles. The largest absolute Gasteiger partial charge is 0.420 e. The topological polar surface area (TPSA) is 64.8 Å². The summed E-state index contributed by atoms with van der Waals surface area (Å²) in [6.07, 6.45) is 4.53. The number of hydrogen-bond donors (Lipinski definition) is 1. The summed E-state index contributed by atoms with van der Waals surface area (Å²) in [5, 5.41) is 0.683. The number of hydrogen-bond acceptors (Lipinski definition) is 3. The monoisotopic (exact) mass is 477 g/mol. The lowest BCUT2D eigenvalue weighted by Crippen LogP contribution is -3.10. The van der Waals surface area contributed by atoms with E-state index < -0.39 is 0 Å². The maximum absolute atomic E-state index is 13.4. The molecule has 6 rings (SSSR count). The Labute approximate surface area is 201 Å². The molecule has 0 unspecified atom stereocenters. The lowest BCUT2D eigenvalue weighted by molar-refractivity contribution is -0.888. The van der Waals surface area contributed by atoms with Crippen LogP contribution in [-0.4, -0.2) is 41.2 Å². The highest BCUT2D eigenvalue weighted by molar-refractivity contribution is 6.30.